The molecule has 0 aliphatic carbocycles. The van der Waals surface area contributed by atoms with Gasteiger partial charge in [-0.25, -0.2) is 0 Å². The van der Waals surface area contributed by atoms with Crippen molar-refractivity contribution in [2.45, 2.75) is 51.0 Å². The highest BCUT2D eigenvalue weighted by atomic mass is 16.6. The van der Waals surface area contributed by atoms with Crippen molar-refractivity contribution in [2.24, 2.45) is 0 Å². The molecule has 2 aliphatic heterocycles. The summed E-state index contributed by atoms with van der Waals surface area (Å²) >= 11 is 0. The molecule has 5 rings (SSSR count). The fraction of sp³-hybridized carbons (Fsp3) is 0.345. The van der Waals surface area contributed by atoms with Gasteiger partial charge in [-0.3, -0.25) is 4.79 Å². The maximum absolute atomic E-state index is 12.3. The van der Waals surface area contributed by atoms with E-state index in [2.05, 4.69) is 0 Å². The van der Waals surface area contributed by atoms with Gasteiger partial charge in [0.2, 0.25) is 0 Å². The highest BCUT2D eigenvalue weighted by molar-refractivity contribution is 6.00. The summed E-state index contributed by atoms with van der Waals surface area (Å²) in [6.07, 6.45) is -0.970. The minimum atomic E-state index is -0.534. The molecule has 0 aromatic heterocycles. The van der Waals surface area contributed by atoms with E-state index in [1.807, 2.05) is 60.7 Å². The van der Waals surface area contributed by atoms with Gasteiger partial charge in [-0.15, -0.1) is 0 Å². The number of aromatic hydroxyl groups is 1. The van der Waals surface area contributed by atoms with Crippen LogP contribution in [0.1, 0.15) is 46.5 Å². The van der Waals surface area contributed by atoms with Gasteiger partial charge in [0.05, 0.1) is 38.6 Å². The zero-order valence-electron chi connectivity index (χ0n) is 20.4. The highest BCUT2D eigenvalue weighted by Gasteiger charge is 2.49. The summed E-state index contributed by atoms with van der Waals surface area (Å²) in [5.74, 6) is 0.230. The fourth-order valence-electron chi connectivity index (χ4n) is 4.93. The number of phenols is 1. The molecule has 7 heteroatoms. The van der Waals surface area contributed by atoms with Gasteiger partial charge >= 0.3 is 0 Å². The largest absolute Gasteiger partial charge is 0.507 e. The maximum atomic E-state index is 12.3. The van der Waals surface area contributed by atoms with Gasteiger partial charge < -0.3 is 28.8 Å². The Morgan fingerprint density at radius 2 is 1.69 bits per heavy atom. The van der Waals surface area contributed by atoms with Crippen molar-refractivity contribution in [3.63, 3.8) is 0 Å². The quantitative estimate of drug-likeness (QED) is 0.423. The van der Waals surface area contributed by atoms with Gasteiger partial charge in [-0.2, -0.15) is 0 Å². The molecule has 188 valence electrons. The second kappa shape index (κ2) is 10.7. The monoisotopic (exact) mass is 490 g/mol. The molecule has 0 saturated carbocycles. The third-order valence-corrected chi connectivity index (χ3v) is 6.59. The van der Waals surface area contributed by atoms with Gasteiger partial charge in [0.15, 0.2) is 11.9 Å². The summed E-state index contributed by atoms with van der Waals surface area (Å²) in [5.41, 5.74) is 2.88. The smallest absolute Gasteiger partial charge is 0.167 e. The first-order chi connectivity index (χ1) is 17.5. The number of carbonyl (C=O) groups excluding carboxylic acids is 1. The Kier molecular flexibility index (Phi) is 7.23. The van der Waals surface area contributed by atoms with Crippen LogP contribution in [-0.2, 0) is 27.4 Å². The number of methoxy groups -OCH3 is 1. The Morgan fingerprint density at radius 3 is 2.33 bits per heavy atom. The summed E-state index contributed by atoms with van der Waals surface area (Å²) in [7, 11) is 1.47. The van der Waals surface area contributed by atoms with E-state index < -0.39 is 12.2 Å². The van der Waals surface area contributed by atoms with Crippen LogP contribution in [0.25, 0.3) is 0 Å². The molecule has 0 spiro atoms. The third kappa shape index (κ3) is 4.95. The zero-order chi connectivity index (χ0) is 25.1. The molecular formula is C29H30O7. The SMILES string of the molecule is COc1c(C(C)=O)c(O)cc2c1C1O[C@H](COCc3ccccc3)C[C@H](OCc3ccccc3)[C@@H]1O2. The second-order valence-electron chi connectivity index (χ2n) is 9.10. The van der Waals surface area contributed by atoms with E-state index >= 15 is 0 Å². The molecule has 1 N–H and O–H groups in total. The van der Waals surface area contributed by atoms with Crippen molar-refractivity contribution in [1.29, 1.82) is 0 Å². The van der Waals surface area contributed by atoms with E-state index in [1.165, 1.54) is 20.1 Å². The molecule has 1 fully saturated rings. The van der Waals surface area contributed by atoms with E-state index in [0.29, 0.717) is 37.6 Å². The molecular weight excluding hydrogens is 460 g/mol. The molecule has 36 heavy (non-hydrogen) atoms. The molecule has 3 aromatic carbocycles. The van der Waals surface area contributed by atoms with E-state index in [4.69, 9.17) is 23.7 Å². The average Bonchev–Trinajstić information content (AvgIpc) is 3.25. The number of fused-ring (bicyclic) bond motifs is 3. The molecule has 1 saturated heterocycles. The number of benzene rings is 3. The lowest BCUT2D eigenvalue weighted by molar-refractivity contribution is -0.182. The standard InChI is InChI=1S/C29H30O7/c1-18(30)25-22(31)14-23-26(28(25)32-2)29-27(36-23)24(34-16-20-11-7-4-8-12-20)13-21(35-29)17-33-15-19-9-5-3-6-10-19/h3-12,14,21,24,27,29,31H,13,15-17H2,1-2H3/t21-,24-,27-,29?/m0/s1. The number of ether oxygens (including phenoxy) is 5. The fourth-order valence-corrected chi connectivity index (χ4v) is 4.93. The van der Waals surface area contributed by atoms with E-state index in [0.717, 1.165) is 11.1 Å². The molecule has 2 aliphatic rings. The van der Waals surface area contributed by atoms with Gasteiger partial charge in [-0.1, -0.05) is 60.7 Å². The average molecular weight is 491 g/mol. The number of hydrogen-bond donors (Lipinski definition) is 1. The van der Waals surface area contributed by atoms with Crippen molar-refractivity contribution in [3.05, 3.63) is 89.0 Å². The van der Waals surface area contributed by atoms with Crippen molar-refractivity contribution >= 4 is 5.78 Å². The van der Waals surface area contributed by atoms with Crippen LogP contribution < -0.4 is 9.47 Å². The Balaban J connectivity index is 1.40. The molecule has 1 unspecified atom stereocenters. The maximum Gasteiger partial charge on any atom is 0.167 e. The van der Waals surface area contributed by atoms with Gasteiger partial charge in [0.25, 0.3) is 0 Å². The first kappa shape index (κ1) is 24.3. The van der Waals surface area contributed by atoms with Crippen LogP contribution in [0, 0.1) is 0 Å². The molecule has 0 amide bonds. The zero-order valence-corrected chi connectivity index (χ0v) is 20.4. The third-order valence-electron chi connectivity index (χ3n) is 6.59. The molecule has 2 heterocycles. The first-order valence-electron chi connectivity index (χ1n) is 12.1. The molecule has 4 atom stereocenters. The summed E-state index contributed by atoms with van der Waals surface area (Å²) in [6, 6.07) is 21.4. The van der Waals surface area contributed by atoms with Crippen LogP contribution in [0.5, 0.6) is 17.2 Å². The minimum Gasteiger partial charge on any atom is -0.507 e. The van der Waals surface area contributed by atoms with Gasteiger partial charge in [-0.05, 0) is 18.1 Å². The van der Waals surface area contributed by atoms with Crippen LogP contribution in [0.15, 0.2) is 66.7 Å². The number of rotatable bonds is 9. The van der Waals surface area contributed by atoms with Crippen molar-refractivity contribution in [3.8, 4) is 17.2 Å². The van der Waals surface area contributed by atoms with E-state index in [1.54, 1.807) is 0 Å². The van der Waals surface area contributed by atoms with Crippen LogP contribution in [0.3, 0.4) is 0 Å². The van der Waals surface area contributed by atoms with E-state index in [9.17, 15) is 9.90 Å². The Morgan fingerprint density at radius 1 is 1.03 bits per heavy atom. The van der Waals surface area contributed by atoms with Crippen molar-refractivity contribution in [1.82, 2.24) is 0 Å². The summed E-state index contributed by atoms with van der Waals surface area (Å²) in [4.78, 5) is 12.3. The van der Waals surface area contributed by atoms with Gasteiger partial charge in [0.1, 0.15) is 35.0 Å². The van der Waals surface area contributed by atoms with Crippen LogP contribution in [0.2, 0.25) is 0 Å². The number of hydrogen-bond acceptors (Lipinski definition) is 7. The highest BCUT2D eigenvalue weighted by Crippen LogP contribution is 2.52. The normalized spacial score (nSPS) is 22.4. The van der Waals surface area contributed by atoms with Gasteiger partial charge in [0, 0.05) is 12.5 Å². The summed E-state index contributed by atoms with van der Waals surface area (Å²) in [6.45, 7) is 2.67. The van der Waals surface area contributed by atoms with E-state index in [-0.39, 0.29) is 35.1 Å². The lowest BCUT2D eigenvalue weighted by Gasteiger charge is -2.37. The summed E-state index contributed by atoms with van der Waals surface area (Å²) in [5, 5.41) is 10.5. The Bertz CT molecular complexity index is 1200. The first-order valence-corrected chi connectivity index (χ1v) is 12.1. The number of Topliss-reactive ketones (excluding diaryl/α,β-unsaturated/α-hetero) is 1. The molecule has 0 radical (unpaired) electrons. The Labute approximate surface area is 210 Å². The minimum absolute atomic E-state index is 0.119. The predicted octanol–water partition coefficient (Wildman–Crippen LogP) is 5.00. The number of carbonyl (C=O) groups is 1. The topological polar surface area (TPSA) is 83.5 Å². The van der Waals surface area contributed by atoms with Crippen molar-refractivity contribution in [2.75, 3.05) is 13.7 Å². The molecule has 3 aromatic rings. The number of ketones is 1. The number of phenolic OH excluding ortho intramolecular Hbond substituents is 1. The Hall–Kier alpha value is -3.39. The lowest BCUT2D eigenvalue weighted by atomic mass is 9.92. The molecule has 7 nitrogen and oxygen atoms in total. The van der Waals surface area contributed by atoms with Crippen LogP contribution in [-0.4, -0.2) is 42.9 Å². The molecule has 0 bridgehead atoms. The van der Waals surface area contributed by atoms with Crippen LogP contribution in [0.4, 0.5) is 0 Å². The van der Waals surface area contributed by atoms with Crippen molar-refractivity contribution < 1.29 is 33.6 Å². The predicted molar refractivity (Wildman–Crippen MR) is 132 cm³/mol. The van der Waals surface area contributed by atoms with Crippen LogP contribution >= 0.6 is 0 Å². The lowest BCUT2D eigenvalue weighted by Crippen LogP contribution is -2.46. The summed E-state index contributed by atoms with van der Waals surface area (Å²) < 4.78 is 30.7. The second-order valence-corrected chi connectivity index (χ2v) is 9.10.